The van der Waals surface area contributed by atoms with Crippen molar-refractivity contribution in [2.24, 2.45) is 11.7 Å². The summed E-state index contributed by atoms with van der Waals surface area (Å²) in [5.41, 5.74) is 5.96. The minimum absolute atomic E-state index is 0.0572. The Balaban J connectivity index is 3.06. The van der Waals surface area contributed by atoms with E-state index in [4.69, 9.17) is 15.9 Å². The zero-order valence-corrected chi connectivity index (χ0v) is 19.0. The lowest BCUT2D eigenvalue weighted by Gasteiger charge is -2.25. The molecule has 4 atom stereocenters. The maximum Gasteiger partial charge on any atom is 0.326 e. The van der Waals surface area contributed by atoms with E-state index >= 15 is 0 Å². The van der Waals surface area contributed by atoms with Crippen molar-refractivity contribution in [3.8, 4) is 0 Å². The third kappa shape index (κ3) is 9.95. The Hall–Kier alpha value is -3.52. The highest BCUT2D eigenvalue weighted by molar-refractivity contribution is 5.94. The van der Waals surface area contributed by atoms with Crippen LogP contribution in [0.1, 0.15) is 38.8 Å². The smallest absolute Gasteiger partial charge is 0.326 e. The molecule has 0 radical (unpaired) electrons. The number of nitrogens with one attached hydrogen (secondary N) is 4. The number of aromatic amines is 1. The van der Waals surface area contributed by atoms with Gasteiger partial charge in [0.1, 0.15) is 24.2 Å². The number of aliphatic hydroxyl groups excluding tert-OH is 1. The van der Waals surface area contributed by atoms with Gasteiger partial charge in [-0.2, -0.15) is 0 Å². The van der Waals surface area contributed by atoms with Crippen molar-refractivity contribution in [3.05, 3.63) is 18.2 Å². The molecular weight excluding hydrogens is 452 g/mol. The van der Waals surface area contributed by atoms with Gasteiger partial charge >= 0.3 is 11.9 Å². The van der Waals surface area contributed by atoms with E-state index in [1.54, 1.807) is 13.8 Å². The summed E-state index contributed by atoms with van der Waals surface area (Å²) in [5, 5.41) is 34.6. The van der Waals surface area contributed by atoms with Crippen molar-refractivity contribution in [2.45, 2.75) is 63.7 Å². The summed E-state index contributed by atoms with van der Waals surface area (Å²) in [7, 11) is 0. The Morgan fingerprint density at radius 1 is 1.00 bits per heavy atom. The van der Waals surface area contributed by atoms with Crippen LogP contribution in [0.4, 0.5) is 0 Å². The standard InChI is InChI=1S/C20H32N6O8/c1-10(2)5-15(20(33)34)26-18(31)13(3-4-16(28)29)24-19(32)14(6-11-7-22-9-23-11)25-17(30)12(21)8-27/h7,9-10,12-15,27H,3-6,8,21H2,1-2H3,(H,22,23)(H,24,32)(H,25,30)(H,26,31)(H,28,29)(H,33,34). The maximum absolute atomic E-state index is 13.0. The number of rotatable bonds is 15. The monoisotopic (exact) mass is 484 g/mol. The third-order valence-corrected chi connectivity index (χ3v) is 4.75. The second-order valence-corrected chi connectivity index (χ2v) is 8.15. The Kier molecular flexibility index (Phi) is 11.7. The predicted molar refractivity (Wildman–Crippen MR) is 117 cm³/mol. The summed E-state index contributed by atoms with van der Waals surface area (Å²) < 4.78 is 0. The second kappa shape index (κ2) is 13.9. The zero-order valence-electron chi connectivity index (χ0n) is 19.0. The Morgan fingerprint density at radius 3 is 2.09 bits per heavy atom. The van der Waals surface area contributed by atoms with Gasteiger partial charge < -0.3 is 42.0 Å². The quantitative estimate of drug-likeness (QED) is 0.133. The first kappa shape index (κ1) is 28.5. The summed E-state index contributed by atoms with van der Waals surface area (Å²) in [4.78, 5) is 67.0. The molecule has 1 heterocycles. The molecule has 34 heavy (non-hydrogen) atoms. The minimum atomic E-state index is -1.38. The molecule has 0 bridgehead atoms. The van der Waals surface area contributed by atoms with E-state index in [0.717, 1.165) is 0 Å². The first-order valence-electron chi connectivity index (χ1n) is 10.6. The maximum atomic E-state index is 13.0. The highest BCUT2D eigenvalue weighted by Gasteiger charge is 2.31. The molecule has 0 aliphatic carbocycles. The van der Waals surface area contributed by atoms with E-state index < -0.39 is 66.9 Å². The molecule has 0 aliphatic rings. The third-order valence-electron chi connectivity index (χ3n) is 4.75. The SMILES string of the molecule is CC(C)CC(NC(=O)C(CCC(=O)O)NC(=O)C(Cc1cnc[nH]1)NC(=O)C(N)CO)C(=O)O. The molecule has 0 aliphatic heterocycles. The highest BCUT2D eigenvalue weighted by atomic mass is 16.4. The molecule has 1 aromatic rings. The van der Waals surface area contributed by atoms with Gasteiger partial charge in [0.2, 0.25) is 17.7 Å². The molecular formula is C20H32N6O8. The van der Waals surface area contributed by atoms with Crippen molar-refractivity contribution in [1.29, 1.82) is 0 Å². The van der Waals surface area contributed by atoms with Gasteiger partial charge in [0.05, 0.1) is 12.9 Å². The van der Waals surface area contributed by atoms with Gasteiger partial charge in [-0.3, -0.25) is 19.2 Å². The predicted octanol–water partition coefficient (Wildman–Crippen LogP) is -2.28. The van der Waals surface area contributed by atoms with Crippen molar-refractivity contribution in [3.63, 3.8) is 0 Å². The van der Waals surface area contributed by atoms with Crippen molar-refractivity contribution >= 4 is 29.7 Å². The molecule has 4 unspecified atom stereocenters. The molecule has 0 saturated heterocycles. The number of hydrogen-bond donors (Lipinski definition) is 8. The van der Waals surface area contributed by atoms with Crippen LogP contribution in [0, 0.1) is 5.92 Å². The number of H-pyrrole nitrogens is 1. The minimum Gasteiger partial charge on any atom is -0.481 e. The van der Waals surface area contributed by atoms with Crippen LogP contribution < -0.4 is 21.7 Å². The van der Waals surface area contributed by atoms with Crippen LogP contribution >= 0.6 is 0 Å². The van der Waals surface area contributed by atoms with Crippen LogP contribution in [-0.4, -0.2) is 85.7 Å². The summed E-state index contributed by atoms with van der Waals surface area (Å²) >= 11 is 0. The second-order valence-electron chi connectivity index (χ2n) is 8.15. The Bertz CT molecular complexity index is 844. The van der Waals surface area contributed by atoms with Gasteiger partial charge in [0.25, 0.3) is 0 Å². The number of hydrogen-bond acceptors (Lipinski definition) is 8. The number of aromatic nitrogens is 2. The Morgan fingerprint density at radius 2 is 1.59 bits per heavy atom. The number of carboxylic acids is 2. The Labute approximate surface area is 195 Å². The van der Waals surface area contributed by atoms with Crippen LogP contribution in [0.15, 0.2) is 12.5 Å². The average molecular weight is 485 g/mol. The molecule has 190 valence electrons. The van der Waals surface area contributed by atoms with Gasteiger partial charge in [-0.1, -0.05) is 13.8 Å². The number of imidazole rings is 1. The molecule has 3 amide bonds. The van der Waals surface area contributed by atoms with E-state index in [2.05, 4.69) is 25.9 Å². The molecule has 14 nitrogen and oxygen atoms in total. The number of carbonyl (C=O) groups is 5. The van der Waals surface area contributed by atoms with Crippen LogP contribution in [0.25, 0.3) is 0 Å². The summed E-state index contributed by atoms with van der Waals surface area (Å²) in [5.74, 6) is -5.08. The lowest BCUT2D eigenvalue weighted by molar-refractivity contribution is -0.143. The molecule has 0 saturated carbocycles. The molecule has 0 fully saturated rings. The van der Waals surface area contributed by atoms with Gasteiger partial charge in [0, 0.05) is 24.7 Å². The number of nitrogens with zero attached hydrogens (tertiary/aromatic N) is 1. The lowest BCUT2D eigenvalue weighted by Crippen LogP contribution is -2.58. The number of nitrogens with two attached hydrogens (primary N) is 1. The molecule has 0 spiro atoms. The van der Waals surface area contributed by atoms with Crippen LogP contribution in [0.3, 0.4) is 0 Å². The lowest BCUT2D eigenvalue weighted by atomic mass is 10.0. The summed E-state index contributed by atoms with van der Waals surface area (Å²) in [6.07, 6.45) is 2.02. The number of carbonyl (C=O) groups excluding carboxylic acids is 3. The molecule has 9 N–H and O–H groups in total. The fraction of sp³-hybridized carbons (Fsp3) is 0.600. The van der Waals surface area contributed by atoms with E-state index in [-0.39, 0.29) is 25.2 Å². The van der Waals surface area contributed by atoms with E-state index in [1.807, 2.05) is 0 Å². The summed E-state index contributed by atoms with van der Waals surface area (Å²) in [6, 6.07) is -5.17. The van der Waals surface area contributed by atoms with E-state index in [0.29, 0.717) is 5.69 Å². The van der Waals surface area contributed by atoms with Crippen LogP contribution in [-0.2, 0) is 30.4 Å². The van der Waals surface area contributed by atoms with Gasteiger partial charge in [-0.25, -0.2) is 9.78 Å². The zero-order chi connectivity index (χ0) is 25.8. The first-order chi connectivity index (χ1) is 15.9. The molecule has 14 heteroatoms. The van der Waals surface area contributed by atoms with Gasteiger partial charge in [-0.15, -0.1) is 0 Å². The largest absolute Gasteiger partial charge is 0.481 e. The topological polar surface area (TPSA) is 237 Å². The number of aliphatic carboxylic acids is 2. The molecule has 1 aromatic heterocycles. The highest BCUT2D eigenvalue weighted by Crippen LogP contribution is 2.08. The van der Waals surface area contributed by atoms with E-state index in [9.17, 15) is 29.1 Å². The van der Waals surface area contributed by atoms with Crippen molar-refractivity contribution in [2.75, 3.05) is 6.61 Å². The number of amides is 3. The van der Waals surface area contributed by atoms with Gasteiger partial charge in [-0.05, 0) is 18.8 Å². The van der Waals surface area contributed by atoms with Crippen molar-refractivity contribution < 1.29 is 39.3 Å². The van der Waals surface area contributed by atoms with Gasteiger partial charge in [0.15, 0.2) is 0 Å². The van der Waals surface area contributed by atoms with E-state index in [1.165, 1.54) is 12.5 Å². The first-order valence-corrected chi connectivity index (χ1v) is 10.6. The van der Waals surface area contributed by atoms with Crippen LogP contribution in [0.2, 0.25) is 0 Å². The molecule has 1 rings (SSSR count). The average Bonchev–Trinajstić information content (AvgIpc) is 3.27. The summed E-state index contributed by atoms with van der Waals surface area (Å²) in [6.45, 7) is 2.87. The van der Waals surface area contributed by atoms with Crippen LogP contribution in [0.5, 0.6) is 0 Å². The van der Waals surface area contributed by atoms with Crippen molar-refractivity contribution in [1.82, 2.24) is 25.9 Å². The number of carboxylic acid groups (broad SMARTS) is 2. The number of aliphatic hydroxyl groups is 1. The fourth-order valence-corrected chi connectivity index (χ4v) is 2.96. The fourth-order valence-electron chi connectivity index (χ4n) is 2.96. The normalized spacial score (nSPS) is 14.5. The molecule has 0 aromatic carbocycles.